The Morgan fingerprint density at radius 2 is 1.50 bits per heavy atom. The maximum atomic E-state index is 10.2. The van der Waals surface area contributed by atoms with Gasteiger partial charge >= 0.3 is 0 Å². The molecule has 1 aromatic carbocycles. The van der Waals surface area contributed by atoms with Gasteiger partial charge < -0.3 is 5.11 Å². The van der Waals surface area contributed by atoms with E-state index in [1.54, 1.807) is 18.2 Å². The lowest BCUT2D eigenvalue weighted by Gasteiger charge is -2.26. The molecule has 1 nitrogen and oxygen atoms in total. The first-order valence-electron chi connectivity index (χ1n) is 4.70. The minimum atomic E-state index is -0.811. The maximum absolute atomic E-state index is 10.2. The molecule has 14 heavy (non-hydrogen) atoms. The summed E-state index contributed by atoms with van der Waals surface area (Å²) in [6.45, 7) is 3.89. The molecular weight excluding hydrogens is 219 g/mol. The number of aliphatic hydroxyl groups is 1. The van der Waals surface area contributed by atoms with Crippen LogP contribution in [0.3, 0.4) is 0 Å². The van der Waals surface area contributed by atoms with E-state index in [0.29, 0.717) is 22.9 Å². The van der Waals surface area contributed by atoms with Crippen LogP contribution < -0.4 is 0 Å². The van der Waals surface area contributed by atoms with Gasteiger partial charge in [-0.3, -0.25) is 0 Å². The number of rotatable bonds is 3. The first-order valence-corrected chi connectivity index (χ1v) is 5.46. The van der Waals surface area contributed by atoms with E-state index in [2.05, 4.69) is 0 Å². The third kappa shape index (κ3) is 2.41. The number of hydrogen-bond donors (Lipinski definition) is 1. The van der Waals surface area contributed by atoms with Gasteiger partial charge in [-0.05, 0) is 36.6 Å². The fraction of sp³-hybridized carbons (Fsp3) is 0.455. The molecule has 0 aromatic heterocycles. The van der Waals surface area contributed by atoms with Crippen molar-refractivity contribution in [2.45, 2.75) is 32.3 Å². The number of hydrogen-bond acceptors (Lipinski definition) is 1. The van der Waals surface area contributed by atoms with Crippen molar-refractivity contribution < 1.29 is 5.11 Å². The summed E-state index contributed by atoms with van der Waals surface area (Å²) in [6.07, 6.45) is 1.31. The van der Waals surface area contributed by atoms with Crippen LogP contribution in [-0.4, -0.2) is 5.11 Å². The Kier molecular flexibility index (Phi) is 3.82. The average molecular weight is 233 g/mol. The summed E-state index contributed by atoms with van der Waals surface area (Å²) in [5.74, 6) is 0. The lowest BCUT2D eigenvalue weighted by atomic mass is 9.89. The summed E-state index contributed by atoms with van der Waals surface area (Å²) >= 11 is 11.7. The van der Waals surface area contributed by atoms with Gasteiger partial charge in [-0.15, -0.1) is 0 Å². The minimum absolute atomic E-state index is 0.563. The van der Waals surface area contributed by atoms with Gasteiger partial charge in [0.15, 0.2) is 0 Å². The van der Waals surface area contributed by atoms with Crippen LogP contribution >= 0.6 is 23.2 Å². The zero-order valence-electron chi connectivity index (χ0n) is 8.35. The van der Waals surface area contributed by atoms with Crippen molar-refractivity contribution in [3.8, 4) is 0 Å². The molecule has 0 spiro atoms. The van der Waals surface area contributed by atoms with E-state index in [0.717, 1.165) is 5.56 Å². The van der Waals surface area contributed by atoms with E-state index < -0.39 is 5.60 Å². The summed E-state index contributed by atoms with van der Waals surface area (Å²) in [5, 5.41) is 11.4. The van der Waals surface area contributed by atoms with Crippen LogP contribution in [0.2, 0.25) is 10.0 Å². The van der Waals surface area contributed by atoms with Crippen LogP contribution in [0, 0.1) is 0 Å². The highest BCUT2D eigenvalue weighted by Crippen LogP contribution is 2.32. The Balaban J connectivity index is 3.17. The lowest BCUT2D eigenvalue weighted by molar-refractivity contribution is 0.0284. The fourth-order valence-corrected chi connectivity index (χ4v) is 2.01. The molecule has 1 aromatic rings. The van der Waals surface area contributed by atoms with Gasteiger partial charge in [0, 0.05) is 10.0 Å². The topological polar surface area (TPSA) is 20.2 Å². The van der Waals surface area contributed by atoms with Crippen molar-refractivity contribution in [3.05, 3.63) is 33.8 Å². The summed E-state index contributed by atoms with van der Waals surface area (Å²) in [6, 6.07) is 5.19. The van der Waals surface area contributed by atoms with E-state index in [9.17, 15) is 5.11 Å². The highest BCUT2D eigenvalue weighted by Gasteiger charge is 2.25. The largest absolute Gasteiger partial charge is 0.385 e. The Bertz CT molecular complexity index is 299. The molecule has 0 unspecified atom stereocenters. The molecule has 3 heteroatoms. The summed E-state index contributed by atoms with van der Waals surface area (Å²) in [4.78, 5) is 0. The van der Waals surface area contributed by atoms with Crippen molar-refractivity contribution in [3.63, 3.8) is 0 Å². The van der Waals surface area contributed by atoms with Crippen LogP contribution in [0.4, 0.5) is 0 Å². The SMILES string of the molecule is CCC(O)(CC)c1cc(Cl)cc(Cl)c1. The van der Waals surface area contributed by atoms with E-state index in [4.69, 9.17) is 23.2 Å². The third-order valence-electron chi connectivity index (χ3n) is 2.57. The summed E-state index contributed by atoms with van der Waals surface area (Å²) in [5.41, 5.74) is -0.0193. The third-order valence-corrected chi connectivity index (χ3v) is 3.01. The van der Waals surface area contributed by atoms with Gasteiger partial charge in [0.2, 0.25) is 0 Å². The summed E-state index contributed by atoms with van der Waals surface area (Å²) < 4.78 is 0. The molecule has 78 valence electrons. The van der Waals surface area contributed by atoms with E-state index in [1.807, 2.05) is 13.8 Å². The Labute approximate surface area is 94.7 Å². The monoisotopic (exact) mass is 232 g/mol. The molecule has 0 radical (unpaired) electrons. The van der Waals surface area contributed by atoms with Crippen LogP contribution in [-0.2, 0) is 5.60 Å². The Morgan fingerprint density at radius 3 is 1.86 bits per heavy atom. The molecule has 0 aliphatic rings. The van der Waals surface area contributed by atoms with E-state index >= 15 is 0 Å². The minimum Gasteiger partial charge on any atom is -0.385 e. The molecule has 1 rings (SSSR count). The van der Waals surface area contributed by atoms with Gasteiger partial charge in [0.25, 0.3) is 0 Å². The molecule has 0 atom stereocenters. The van der Waals surface area contributed by atoms with Gasteiger partial charge in [0.05, 0.1) is 5.60 Å². The average Bonchev–Trinajstić information content (AvgIpc) is 2.15. The maximum Gasteiger partial charge on any atom is 0.0892 e. The van der Waals surface area contributed by atoms with Gasteiger partial charge in [-0.25, -0.2) is 0 Å². The molecule has 0 saturated heterocycles. The smallest absolute Gasteiger partial charge is 0.0892 e. The molecule has 0 amide bonds. The standard InChI is InChI=1S/C11H14Cl2O/c1-3-11(14,4-2)8-5-9(12)7-10(13)6-8/h5-7,14H,3-4H2,1-2H3. The molecule has 0 heterocycles. The van der Waals surface area contributed by atoms with Gasteiger partial charge in [-0.2, -0.15) is 0 Å². The van der Waals surface area contributed by atoms with Gasteiger partial charge in [0.1, 0.15) is 0 Å². The quantitative estimate of drug-likeness (QED) is 0.836. The van der Waals surface area contributed by atoms with E-state index in [-0.39, 0.29) is 0 Å². The first kappa shape index (κ1) is 11.8. The second-order valence-electron chi connectivity index (χ2n) is 3.40. The second kappa shape index (κ2) is 4.52. The van der Waals surface area contributed by atoms with Crippen molar-refractivity contribution in [2.24, 2.45) is 0 Å². The van der Waals surface area contributed by atoms with E-state index in [1.165, 1.54) is 0 Å². The lowest BCUT2D eigenvalue weighted by Crippen LogP contribution is -2.23. The Hall–Kier alpha value is -0.240. The van der Waals surface area contributed by atoms with Gasteiger partial charge in [-0.1, -0.05) is 37.0 Å². The zero-order valence-corrected chi connectivity index (χ0v) is 9.86. The van der Waals surface area contributed by atoms with Crippen molar-refractivity contribution in [1.29, 1.82) is 0 Å². The highest BCUT2D eigenvalue weighted by molar-refractivity contribution is 6.34. The van der Waals surface area contributed by atoms with Crippen LogP contribution in [0.15, 0.2) is 18.2 Å². The molecule has 1 N–H and O–H groups in total. The van der Waals surface area contributed by atoms with Crippen LogP contribution in [0.5, 0.6) is 0 Å². The fourth-order valence-electron chi connectivity index (χ4n) is 1.48. The second-order valence-corrected chi connectivity index (χ2v) is 4.27. The summed E-state index contributed by atoms with van der Waals surface area (Å²) in [7, 11) is 0. The number of halogens is 2. The highest BCUT2D eigenvalue weighted by atomic mass is 35.5. The van der Waals surface area contributed by atoms with Crippen LogP contribution in [0.1, 0.15) is 32.3 Å². The molecule has 0 fully saturated rings. The van der Waals surface area contributed by atoms with Crippen molar-refractivity contribution in [2.75, 3.05) is 0 Å². The zero-order chi connectivity index (χ0) is 10.8. The number of benzene rings is 1. The molecule has 0 saturated carbocycles. The molecular formula is C11H14Cl2O. The molecule has 0 aliphatic carbocycles. The van der Waals surface area contributed by atoms with Crippen LogP contribution in [0.25, 0.3) is 0 Å². The van der Waals surface area contributed by atoms with Crippen molar-refractivity contribution in [1.82, 2.24) is 0 Å². The molecule has 0 bridgehead atoms. The molecule has 0 aliphatic heterocycles. The normalized spacial score (nSPS) is 11.8. The van der Waals surface area contributed by atoms with Crippen molar-refractivity contribution >= 4 is 23.2 Å². The predicted molar refractivity (Wildman–Crippen MR) is 60.9 cm³/mol. The predicted octanol–water partition coefficient (Wildman–Crippen LogP) is 4.00. The first-order chi connectivity index (χ1) is 6.51. The Morgan fingerprint density at radius 1 is 1.07 bits per heavy atom.